The van der Waals surface area contributed by atoms with E-state index in [1.54, 1.807) is 0 Å². The van der Waals surface area contributed by atoms with Crippen LogP contribution in [-0.2, 0) is 6.54 Å². The highest BCUT2D eigenvalue weighted by molar-refractivity contribution is 5.82. The molecule has 0 aliphatic carbocycles. The lowest BCUT2D eigenvalue weighted by molar-refractivity contribution is 0.313. The molecular formula is C22H26N4O. The van der Waals surface area contributed by atoms with Crippen molar-refractivity contribution in [2.45, 2.75) is 13.5 Å². The predicted octanol–water partition coefficient (Wildman–Crippen LogP) is 3.20. The van der Waals surface area contributed by atoms with Crippen LogP contribution in [0.25, 0.3) is 10.9 Å². The molecule has 0 spiro atoms. The van der Waals surface area contributed by atoms with E-state index in [4.69, 9.17) is 0 Å². The normalized spacial score (nSPS) is 15.3. The lowest BCUT2D eigenvalue weighted by Crippen LogP contribution is -2.44. The van der Waals surface area contributed by atoms with Gasteiger partial charge in [-0.3, -0.25) is 4.79 Å². The summed E-state index contributed by atoms with van der Waals surface area (Å²) in [6.45, 7) is 6.85. The van der Waals surface area contributed by atoms with E-state index in [2.05, 4.69) is 51.4 Å². The first kappa shape index (κ1) is 17.6. The summed E-state index contributed by atoms with van der Waals surface area (Å²) in [4.78, 5) is 20.2. The van der Waals surface area contributed by atoms with Gasteiger partial charge in [-0.1, -0.05) is 18.2 Å². The van der Waals surface area contributed by atoms with Crippen LogP contribution in [0.4, 0.5) is 11.4 Å². The first-order valence-corrected chi connectivity index (χ1v) is 9.49. The molecule has 2 aromatic carbocycles. The lowest BCUT2D eigenvalue weighted by Gasteiger charge is -2.34. The molecule has 1 aromatic heterocycles. The van der Waals surface area contributed by atoms with Crippen molar-refractivity contribution >= 4 is 22.3 Å². The molecule has 0 unspecified atom stereocenters. The van der Waals surface area contributed by atoms with Crippen LogP contribution in [0.15, 0.2) is 53.3 Å². The van der Waals surface area contributed by atoms with Crippen molar-refractivity contribution in [1.29, 1.82) is 0 Å². The topological polar surface area (TPSA) is 51.4 Å². The number of aryl methyl sites for hydroxylation is 1. The Balaban J connectivity index is 1.45. The predicted molar refractivity (Wildman–Crippen MR) is 113 cm³/mol. The first-order chi connectivity index (χ1) is 13.1. The van der Waals surface area contributed by atoms with Crippen molar-refractivity contribution < 1.29 is 0 Å². The number of fused-ring (bicyclic) bond motifs is 1. The molecule has 3 aromatic rings. The molecule has 5 nitrogen and oxygen atoms in total. The van der Waals surface area contributed by atoms with E-state index in [1.165, 1.54) is 5.69 Å². The Morgan fingerprint density at radius 3 is 2.52 bits per heavy atom. The van der Waals surface area contributed by atoms with Crippen LogP contribution >= 0.6 is 0 Å². The molecule has 2 N–H and O–H groups in total. The minimum atomic E-state index is -0.0293. The Bertz CT molecular complexity index is 985. The SMILES string of the molecule is Cc1cccc2cc(CNc3ccc(N4CCN(C)CC4)cc3)c(=O)[nH]c12. The van der Waals surface area contributed by atoms with E-state index in [0.29, 0.717) is 6.54 Å². The Hall–Kier alpha value is -2.79. The number of hydrogen-bond donors (Lipinski definition) is 2. The molecule has 1 fully saturated rings. The van der Waals surface area contributed by atoms with Gasteiger partial charge in [-0.05, 0) is 55.3 Å². The van der Waals surface area contributed by atoms with Gasteiger partial charge in [-0.25, -0.2) is 0 Å². The maximum absolute atomic E-state index is 12.4. The number of piperazine rings is 1. The highest BCUT2D eigenvalue weighted by Gasteiger charge is 2.14. The van der Waals surface area contributed by atoms with E-state index in [-0.39, 0.29) is 5.56 Å². The van der Waals surface area contributed by atoms with Crippen molar-refractivity contribution in [3.63, 3.8) is 0 Å². The van der Waals surface area contributed by atoms with Crippen LogP contribution in [0.1, 0.15) is 11.1 Å². The van der Waals surface area contributed by atoms with Gasteiger partial charge >= 0.3 is 0 Å². The quantitative estimate of drug-likeness (QED) is 0.748. The summed E-state index contributed by atoms with van der Waals surface area (Å²) in [5.41, 5.74) is 5.00. The van der Waals surface area contributed by atoms with Gasteiger partial charge in [0.25, 0.3) is 5.56 Å². The lowest BCUT2D eigenvalue weighted by atomic mass is 10.1. The van der Waals surface area contributed by atoms with Gasteiger partial charge in [0.1, 0.15) is 0 Å². The zero-order valence-electron chi connectivity index (χ0n) is 16.0. The summed E-state index contributed by atoms with van der Waals surface area (Å²) in [6.07, 6.45) is 0. The molecule has 1 saturated heterocycles. The number of H-pyrrole nitrogens is 1. The molecule has 140 valence electrons. The van der Waals surface area contributed by atoms with Crippen molar-refractivity contribution in [3.05, 3.63) is 70.0 Å². The average molecular weight is 362 g/mol. The number of rotatable bonds is 4. The third-order valence-electron chi connectivity index (χ3n) is 5.38. The molecule has 1 aliphatic rings. The van der Waals surface area contributed by atoms with E-state index >= 15 is 0 Å². The molecule has 2 heterocycles. The van der Waals surface area contributed by atoms with E-state index in [0.717, 1.165) is 53.9 Å². The fraction of sp³-hybridized carbons (Fsp3) is 0.318. The van der Waals surface area contributed by atoms with Crippen LogP contribution in [0.3, 0.4) is 0 Å². The minimum absolute atomic E-state index is 0.0293. The minimum Gasteiger partial charge on any atom is -0.381 e. The van der Waals surface area contributed by atoms with Gasteiger partial charge in [-0.15, -0.1) is 0 Å². The third-order valence-corrected chi connectivity index (χ3v) is 5.38. The number of benzene rings is 2. The zero-order valence-corrected chi connectivity index (χ0v) is 16.0. The fourth-order valence-electron chi connectivity index (χ4n) is 3.61. The second-order valence-electron chi connectivity index (χ2n) is 7.35. The van der Waals surface area contributed by atoms with Gasteiger partial charge in [0.2, 0.25) is 0 Å². The number of hydrogen-bond acceptors (Lipinski definition) is 4. The first-order valence-electron chi connectivity index (χ1n) is 9.49. The van der Waals surface area contributed by atoms with Gasteiger partial charge < -0.3 is 20.1 Å². The molecule has 0 amide bonds. The number of para-hydroxylation sites is 1. The molecule has 0 radical (unpaired) electrons. The number of anilines is 2. The maximum atomic E-state index is 12.4. The number of pyridine rings is 1. The van der Waals surface area contributed by atoms with Crippen molar-refractivity contribution in [2.75, 3.05) is 43.4 Å². The van der Waals surface area contributed by atoms with E-state index in [9.17, 15) is 4.79 Å². The molecular weight excluding hydrogens is 336 g/mol. The summed E-state index contributed by atoms with van der Waals surface area (Å²) < 4.78 is 0. The number of aromatic nitrogens is 1. The molecule has 0 saturated carbocycles. The standard InChI is InChI=1S/C22H26N4O/c1-16-4-3-5-17-14-18(22(27)24-21(16)17)15-23-19-6-8-20(9-7-19)26-12-10-25(2)11-13-26/h3-9,14,23H,10-13,15H2,1-2H3,(H,24,27). The van der Waals surface area contributed by atoms with Crippen molar-refractivity contribution in [2.24, 2.45) is 0 Å². The Labute approximate surface area is 159 Å². The van der Waals surface area contributed by atoms with Crippen LogP contribution in [-0.4, -0.2) is 43.1 Å². The smallest absolute Gasteiger partial charge is 0.253 e. The third kappa shape index (κ3) is 3.83. The average Bonchev–Trinajstić information content (AvgIpc) is 2.68. The van der Waals surface area contributed by atoms with Crippen LogP contribution in [0, 0.1) is 6.92 Å². The highest BCUT2D eigenvalue weighted by atomic mass is 16.1. The molecule has 0 atom stereocenters. The Morgan fingerprint density at radius 1 is 1.04 bits per heavy atom. The second-order valence-corrected chi connectivity index (χ2v) is 7.35. The van der Waals surface area contributed by atoms with E-state index in [1.807, 2.05) is 31.2 Å². The number of likely N-dealkylation sites (N-methyl/N-ethyl adjacent to an activating group) is 1. The van der Waals surface area contributed by atoms with Crippen LogP contribution < -0.4 is 15.8 Å². The number of nitrogens with zero attached hydrogens (tertiary/aromatic N) is 2. The largest absolute Gasteiger partial charge is 0.381 e. The summed E-state index contributed by atoms with van der Waals surface area (Å²) in [5.74, 6) is 0. The van der Waals surface area contributed by atoms with Gasteiger partial charge in [0, 0.05) is 49.7 Å². The molecule has 0 bridgehead atoms. The van der Waals surface area contributed by atoms with Gasteiger partial charge in [0.05, 0.1) is 5.52 Å². The second kappa shape index (κ2) is 7.45. The van der Waals surface area contributed by atoms with Gasteiger partial charge in [0.15, 0.2) is 0 Å². The van der Waals surface area contributed by atoms with E-state index < -0.39 is 0 Å². The summed E-state index contributed by atoms with van der Waals surface area (Å²) in [5, 5.41) is 4.44. The number of nitrogens with one attached hydrogen (secondary N) is 2. The van der Waals surface area contributed by atoms with Crippen molar-refractivity contribution in [3.8, 4) is 0 Å². The van der Waals surface area contributed by atoms with Gasteiger partial charge in [-0.2, -0.15) is 0 Å². The molecule has 27 heavy (non-hydrogen) atoms. The molecule has 5 heteroatoms. The molecule has 1 aliphatic heterocycles. The summed E-state index contributed by atoms with van der Waals surface area (Å²) >= 11 is 0. The Kier molecular flexibility index (Phi) is 4.86. The summed E-state index contributed by atoms with van der Waals surface area (Å²) in [6, 6.07) is 16.5. The van der Waals surface area contributed by atoms with Crippen molar-refractivity contribution in [1.82, 2.24) is 9.88 Å². The zero-order chi connectivity index (χ0) is 18.8. The summed E-state index contributed by atoms with van der Waals surface area (Å²) in [7, 11) is 2.17. The maximum Gasteiger partial charge on any atom is 0.253 e. The Morgan fingerprint density at radius 2 is 1.78 bits per heavy atom. The van der Waals surface area contributed by atoms with Crippen LogP contribution in [0.5, 0.6) is 0 Å². The monoisotopic (exact) mass is 362 g/mol. The fourth-order valence-corrected chi connectivity index (χ4v) is 3.61. The van der Waals surface area contributed by atoms with Crippen LogP contribution in [0.2, 0.25) is 0 Å². The molecule has 4 rings (SSSR count). The highest BCUT2D eigenvalue weighted by Crippen LogP contribution is 2.20. The number of aromatic amines is 1.